The van der Waals surface area contributed by atoms with E-state index in [4.69, 9.17) is 32.9 Å². The lowest BCUT2D eigenvalue weighted by atomic mass is 10.1. The van der Waals surface area contributed by atoms with Crippen LogP contribution in [0.2, 0.25) is 10.0 Å². The molecule has 44 heavy (non-hydrogen) atoms. The quantitative estimate of drug-likeness (QED) is 0.195. The highest BCUT2D eigenvalue weighted by molar-refractivity contribution is 6.42. The first-order chi connectivity index (χ1) is 21.0. The van der Waals surface area contributed by atoms with Crippen LogP contribution >= 0.6 is 23.2 Å². The molecule has 232 valence electrons. The van der Waals surface area contributed by atoms with Gasteiger partial charge in [-0.05, 0) is 44.9 Å². The second-order valence-electron chi connectivity index (χ2n) is 11.0. The van der Waals surface area contributed by atoms with Crippen LogP contribution in [0, 0.1) is 0 Å². The molecule has 0 fully saturated rings. The number of benzene rings is 1. The van der Waals surface area contributed by atoms with E-state index in [0.29, 0.717) is 80.5 Å². The van der Waals surface area contributed by atoms with Crippen LogP contribution in [-0.4, -0.2) is 71.2 Å². The summed E-state index contributed by atoms with van der Waals surface area (Å²) in [5.41, 5.74) is 4.66. The van der Waals surface area contributed by atoms with Crippen molar-refractivity contribution < 1.29 is 18.3 Å². The molecule has 6 rings (SSSR count). The molecule has 0 spiro atoms. The molecule has 1 aliphatic heterocycles. The van der Waals surface area contributed by atoms with Gasteiger partial charge in [-0.25, -0.2) is 19.6 Å². The Morgan fingerprint density at radius 3 is 2.55 bits per heavy atom. The average Bonchev–Trinajstić information content (AvgIpc) is 3.74. The van der Waals surface area contributed by atoms with Crippen molar-refractivity contribution in [2.75, 3.05) is 25.5 Å². The third-order valence-corrected chi connectivity index (χ3v) is 7.64. The maximum Gasteiger partial charge on any atom is 0.333 e. The summed E-state index contributed by atoms with van der Waals surface area (Å²) in [6.07, 6.45) is 9.44. The minimum Gasteiger partial charge on any atom is -0.379 e. The third-order valence-electron chi connectivity index (χ3n) is 6.92. The van der Waals surface area contributed by atoms with Crippen molar-refractivity contribution in [3.63, 3.8) is 0 Å². The lowest BCUT2D eigenvalue weighted by Gasteiger charge is -2.22. The molecule has 0 aliphatic carbocycles. The fraction of sp³-hybridized carbons (Fsp3) is 0.345. The Morgan fingerprint density at radius 2 is 1.91 bits per heavy atom. The highest BCUT2D eigenvalue weighted by Gasteiger charge is 2.19. The minimum absolute atomic E-state index is 0.0417. The van der Waals surface area contributed by atoms with Gasteiger partial charge in [0.15, 0.2) is 11.5 Å². The molecule has 0 saturated carbocycles. The summed E-state index contributed by atoms with van der Waals surface area (Å²) < 4.78 is 33.6. The van der Waals surface area contributed by atoms with E-state index in [2.05, 4.69) is 25.4 Å². The van der Waals surface area contributed by atoms with Crippen molar-refractivity contribution in [3.05, 3.63) is 64.6 Å². The van der Waals surface area contributed by atoms with E-state index < -0.39 is 6.55 Å². The number of anilines is 1. The third kappa shape index (κ3) is 7.01. The Kier molecular flexibility index (Phi) is 9.18. The van der Waals surface area contributed by atoms with E-state index in [-0.39, 0.29) is 5.60 Å². The number of ether oxygens (including phenoxy) is 1. The van der Waals surface area contributed by atoms with E-state index in [1.54, 1.807) is 34.7 Å². The van der Waals surface area contributed by atoms with Crippen LogP contribution in [0.15, 0.2) is 43.0 Å². The fourth-order valence-corrected chi connectivity index (χ4v) is 4.70. The van der Waals surface area contributed by atoms with Gasteiger partial charge in [-0.15, -0.1) is 0 Å². The summed E-state index contributed by atoms with van der Waals surface area (Å²) in [7, 11) is 1.71. The van der Waals surface area contributed by atoms with Gasteiger partial charge in [-0.1, -0.05) is 29.3 Å². The number of nitrogens with zero attached hydrogens (tertiary/aromatic N) is 7. The number of amides is 1. The van der Waals surface area contributed by atoms with Crippen LogP contribution in [0.1, 0.15) is 45.3 Å². The molecule has 1 aromatic carbocycles. The first-order valence-corrected chi connectivity index (χ1v) is 14.4. The molecule has 5 heterocycles. The second kappa shape index (κ2) is 12.9. The van der Waals surface area contributed by atoms with Crippen molar-refractivity contribution in [1.82, 2.24) is 39.0 Å². The Morgan fingerprint density at radius 1 is 1.16 bits per heavy atom. The van der Waals surface area contributed by atoms with E-state index in [0.717, 1.165) is 17.5 Å². The predicted molar refractivity (Wildman–Crippen MR) is 166 cm³/mol. The van der Waals surface area contributed by atoms with Gasteiger partial charge in [0.1, 0.15) is 5.82 Å². The van der Waals surface area contributed by atoms with Gasteiger partial charge in [-0.3, -0.25) is 9.20 Å². The predicted octanol–water partition coefficient (Wildman–Crippen LogP) is 6.46. The number of alkyl halides is 2. The molecule has 11 nitrogen and oxygen atoms in total. The molecule has 0 unspecified atom stereocenters. The van der Waals surface area contributed by atoms with Crippen molar-refractivity contribution in [2.24, 2.45) is 0 Å². The monoisotopic (exact) mass is 645 g/mol. The Bertz CT molecular complexity index is 1790. The Labute approximate surface area is 261 Å². The smallest absolute Gasteiger partial charge is 0.333 e. The number of carbonyl (C=O) groups is 1. The molecule has 1 amide bonds. The van der Waals surface area contributed by atoms with Crippen LogP contribution in [0.5, 0.6) is 0 Å². The van der Waals surface area contributed by atoms with Gasteiger partial charge >= 0.3 is 6.55 Å². The molecule has 0 radical (unpaired) electrons. The molecule has 0 saturated heterocycles. The number of hydrogen-bond acceptors (Lipinski definition) is 7. The number of hydrogen-bond donors (Lipinski definition) is 2. The average molecular weight is 647 g/mol. The van der Waals surface area contributed by atoms with Gasteiger partial charge in [0.2, 0.25) is 6.41 Å². The second-order valence-corrected chi connectivity index (χ2v) is 11.8. The molecular weight excluding hydrogens is 615 g/mol. The number of nitrogens with one attached hydrogen (secondary N) is 2. The number of aromatic nitrogens is 7. The van der Waals surface area contributed by atoms with Crippen LogP contribution in [0.3, 0.4) is 0 Å². The summed E-state index contributed by atoms with van der Waals surface area (Å²) in [6.45, 7) is 4.65. The van der Waals surface area contributed by atoms with E-state index in [1.807, 2.05) is 33.0 Å². The lowest BCUT2D eigenvalue weighted by molar-refractivity contribution is -0.117. The SMILES string of the molecule is COC(C)(C)C.O=CN1CC=C(c2cn3c(-c4cnn(C(F)F)c4)cnc3c(NCc3nc4cc(Cl)c(Cl)cc4[nH]3)n2)CC1. The largest absolute Gasteiger partial charge is 0.379 e. The summed E-state index contributed by atoms with van der Waals surface area (Å²) >= 11 is 12.2. The molecular formula is C29H31Cl2F2N9O2. The molecule has 15 heteroatoms. The van der Waals surface area contributed by atoms with Crippen molar-refractivity contribution in [3.8, 4) is 11.3 Å². The van der Waals surface area contributed by atoms with Crippen molar-refractivity contribution in [2.45, 2.75) is 45.9 Å². The fourth-order valence-electron chi connectivity index (χ4n) is 4.37. The number of aromatic amines is 1. The van der Waals surface area contributed by atoms with Crippen LogP contribution in [-0.2, 0) is 16.1 Å². The molecule has 5 aromatic rings. The zero-order valence-electron chi connectivity index (χ0n) is 24.5. The number of rotatable bonds is 7. The van der Waals surface area contributed by atoms with Gasteiger partial charge in [0, 0.05) is 38.2 Å². The Balaban J connectivity index is 0.000000584. The van der Waals surface area contributed by atoms with Gasteiger partial charge in [0.05, 0.1) is 57.0 Å². The van der Waals surface area contributed by atoms with Gasteiger partial charge in [0.25, 0.3) is 0 Å². The first-order valence-electron chi connectivity index (χ1n) is 13.7. The summed E-state index contributed by atoms with van der Waals surface area (Å²) in [5, 5.41) is 7.88. The Hall–Kier alpha value is -4.07. The topological polar surface area (TPSA) is 118 Å². The highest BCUT2D eigenvalue weighted by Crippen LogP contribution is 2.30. The van der Waals surface area contributed by atoms with E-state index in [1.165, 1.54) is 12.4 Å². The number of carbonyl (C=O) groups excluding carboxylic acids is 1. The molecule has 1 aliphatic rings. The van der Waals surface area contributed by atoms with E-state index >= 15 is 0 Å². The minimum atomic E-state index is -2.75. The number of methoxy groups -OCH3 is 1. The standard InChI is InChI=1S/C24H19Cl2F2N9O.C5H12O/c25-15-5-17-18(6-16(15)26)33-21(32-17)9-29-22-23-30-8-20(14-7-31-37(10-14)24(27)28)36(23)11-19(34-22)13-1-3-35(12-38)4-2-13;1-5(2,3)6-4/h1,5-8,10-12,24H,2-4,9H2,(H,29,34)(H,32,33);1-4H3. The maximum absolute atomic E-state index is 13.1. The van der Waals surface area contributed by atoms with Crippen molar-refractivity contribution in [1.29, 1.82) is 0 Å². The zero-order chi connectivity index (χ0) is 31.6. The molecule has 2 N–H and O–H groups in total. The molecule has 0 atom stereocenters. The lowest BCUT2D eigenvalue weighted by Crippen LogP contribution is -2.27. The highest BCUT2D eigenvalue weighted by atomic mass is 35.5. The summed E-state index contributed by atoms with van der Waals surface area (Å²) in [5.74, 6) is 1.11. The van der Waals surface area contributed by atoms with Crippen LogP contribution < -0.4 is 5.32 Å². The van der Waals surface area contributed by atoms with Gasteiger partial charge < -0.3 is 19.9 Å². The van der Waals surface area contributed by atoms with Crippen molar-refractivity contribution >= 4 is 57.7 Å². The van der Waals surface area contributed by atoms with Crippen LogP contribution in [0.4, 0.5) is 14.6 Å². The van der Waals surface area contributed by atoms with Crippen LogP contribution in [0.25, 0.3) is 33.5 Å². The number of H-pyrrole nitrogens is 1. The zero-order valence-corrected chi connectivity index (χ0v) is 26.0. The summed E-state index contributed by atoms with van der Waals surface area (Å²) in [6, 6.07) is 3.40. The molecule has 4 aromatic heterocycles. The van der Waals surface area contributed by atoms with Gasteiger partial charge in [-0.2, -0.15) is 13.9 Å². The first kappa shape index (κ1) is 31.4. The maximum atomic E-state index is 13.1. The normalized spacial score (nSPS) is 13.8. The summed E-state index contributed by atoms with van der Waals surface area (Å²) in [4.78, 5) is 29.9. The number of imidazole rings is 2. The molecule has 0 bridgehead atoms. The number of halogens is 4. The number of fused-ring (bicyclic) bond motifs is 2. The van der Waals surface area contributed by atoms with E-state index in [9.17, 15) is 13.6 Å².